The van der Waals surface area contributed by atoms with E-state index < -0.39 is 11.0 Å². The molecule has 59 valence electrons. The molecule has 0 aliphatic rings. The lowest BCUT2D eigenvalue weighted by atomic mass is 10.7. The van der Waals surface area contributed by atoms with Gasteiger partial charge < -0.3 is 4.74 Å². The Balaban J connectivity index is 2.97. The number of rotatable bonds is 6. The first kappa shape index (κ1) is 9.54. The van der Waals surface area contributed by atoms with Crippen molar-refractivity contribution in [2.75, 3.05) is 19.8 Å². The lowest BCUT2D eigenvalue weighted by Gasteiger charge is -1.94. The van der Waals surface area contributed by atoms with Crippen LogP contribution in [-0.2, 0) is 24.7 Å². The summed E-state index contributed by atoms with van der Waals surface area (Å²) in [5.41, 5.74) is 0. The van der Waals surface area contributed by atoms with Crippen molar-refractivity contribution in [1.29, 1.82) is 0 Å². The number of hydrogen-bond acceptors (Lipinski definition) is 5. The normalized spacial score (nSPS) is 10.1. The SMILES string of the molecule is O=[C]COCCO[SH](=O)=O. The van der Waals surface area contributed by atoms with Crippen molar-refractivity contribution in [3.8, 4) is 0 Å². The predicted octanol–water partition coefficient (Wildman–Crippen LogP) is -1.34. The summed E-state index contributed by atoms with van der Waals surface area (Å²) in [6.45, 7) is -0.127. The van der Waals surface area contributed by atoms with Crippen LogP contribution in [0.2, 0.25) is 0 Å². The number of carbonyl (C=O) groups excluding carboxylic acids is 1. The standard InChI is InChI=1S/C4H7O5S/c5-1-2-8-3-4-9-10(6)7/h10H,2-4H2. The van der Waals surface area contributed by atoms with Crippen LogP contribution in [0, 0.1) is 0 Å². The maximum Gasteiger partial charge on any atom is 0.257 e. The van der Waals surface area contributed by atoms with E-state index in [1.165, 1.54) is 6.29 Å². The fourth-order valence-electron chi connectivity index (χ4n) is 0.285. The van der Waals surface area contributed by atoms with E-state index in [1.807, 2.05) is 0 Å². The molecule has 0 amide bonds. The number of ether oxygens (including phenoxy) is 1. The van der Waals surface area contributed by atoms with Gasteiger partial charge in [0, 0.05) is 0 Å². The molecule has 0 aromatic rings. The second-order valence-corrected chi connectivity index (χ2v) is 1.96. The maximum absolute atomic E-state index is 9.71. The van der Waals surface area contributed by atoms with Crippen molar-refractivity contribution in [3.63, 3.8) is 0 Å². The van der Waals surface area contributed by atoms with Gasteiger partial charge >= 0.3 is 0 Å². The van der Waals surface area contributed by atoms with Crippen molar-refractivity contribution in [2.45, 2.75) is 0 Å². The molecule has 0 spiro atoms. The smallest absolute Gasteiger partial charge is 0.257 e. The van der Waals surface area contributed by atoms with Gasteiger partial charge in [0.1, 0.15) is 6.61 Å². The molecule has 0 aliphatic heterocycles. The molecule has 1 radical (unpaired) electrons. The third kappa shape index (κ3) is 7.54. The second kappa shape index (κ2) is 6.66. The summed E-state index contributed by atoms with van der Waals surface area (Å²) < 4.78 is 28.0. The highest BCUT2D eigenvalue weighted by molar-refractivity contribution is 7.67. The van der Waals surface area contributed by atoms with Gasteiger partial charge in [0.05, 0.1) is 13.2 Å². The third-order valence-electron chi connectivity index (χ3n) is 0.585. The average Bonchev–Trinajstić information content (AvgIpc) is 1.87. The first-order valence-corrected chi connectivity index (χ1v) is 3.57. The Labute approximate surface area is 60.1 Å². The zero-order valence-electron chi connectivity index (χ0n) is 5.11. The van der Waals surface area contributed by atoms with E-state index in [0.29, 0.717) is 0 Å². The van der Waals surface area contributed by atoms with E-state index in [1.54, 1.807) is 0 Å². The van der Waals surface area contributed by atoms with Gasteiger partial charge in [0.15, 0.2) is 0 Å². The lowest BCUT2D eigenvalue weighted by Crippen LogP contribution is -2.04. The molecule has 0 N–H and O–H groups in total. The molecule has 0 atom stereocenters. The van der Waals surface area contributed by atoms with Crippen LogP contribution >= 0.6 is 0 Å². The summed E-state index contributed by atoms with van der Waals surface area (Å²) >= 11 is 0. The molecule has 0 rings (SSSR count). The van der Waals surface area contributed by atoms with E-state index in [4.69, 9.17) is 0 Å². The first-order valence-electron chi connectivity index (χ1n) is 2.47. The van der Waals surface area contributed by atoms with Gasteiger partial charge in [-0.25, -0.2) is 8.42 Å². The lowest BCUT2D eigenvalue weighted by molar-refractivity contribution is 0.131. The molecule has 0 bridgehead atoms. The summed E-state index contributed by atoms with van der Waals surface area (Å²) in [7, 11) is -2.80. The molecule has 6 heteroatoms. The Hall–Kier alpha value is -0.460. The Bertz CT molecular complexity index is 144. The molecule has 10 heavy (non-hydrogen) atoms. The van der Waals surface area contributed by atoms with Crippen molar-refractivity contribution in [1.82, 2.24) is 0 Å². The van der Waals surface area contributed by atoms with Gasteiger partial charge in [-0.1, -0.05) is 0 Å². The maximum atomic E-state index is 9.71. The monoisotopic (exact) mass is 167 g/mol. The largest absolute Gasteiger partial charge is 0.371 e. The minimum Gasteiger partial charge on any atom is -0.371 e. The van der Waals surface area contributed by atoms with Gasteiger partial charge in [-0.05, 0) is 0 Å². The number of thiol groups is 1. The highest BCUT2D eigenvalue weighted by Gasteiger charge is 1.87. The Kier molecular flexibility index (Phi) is 6.35. The highest BCUT2D eigenvalue weighted by Crippen LogP contribution is 1.75. The summed E-state index contributed by atoms with van der Waals surface area (Å²) in [6.07, 6.45) is 1.48. The van der Waals surface area contributed by atoms with Crippen LogP contribution in [0.25, 0.3) is 0 Å². The van der Waals surface area contributed by atoms with Crippen molar-refractivity contribution >= 4 is 17.3 Å². The molecular formula is C4H7O5S. The van der Waals surface area contributed by atoms with Crippen LogP contribution in [0.5, 0.6) is 0 Å². The molecule has 0 aromatic carbocycles. The fraction of sp³-hybridized carbons (Fsp3) is 0.750. The highest BCUT2D eigenvalue weighted by atomic mass is 32.2. The van der Waals surface area contributed by atoms with Crippen LogP contribution < -0.4 is 0 Å². The topological polar surface area (TPSA) is 69.7 Å². The molecule has 0 aromatic heterocycles. The minimum atomic E-state index is -2.80. The van der Waals surface area contributed by atoms with E-state index in [-0.39, 0.29) is 19.8 Å². The van der Waals surface area contributed by atoms with Crippen LogP contribution in [-0.4, -0.2) is 34.5 Å². The second-order valence-electron chi connectivity index (χ2n) is 1.25. The van der Waals surface area contributed by atoms with Crippen LogP contribution in [0.15, 0.2) is 0 Å². The zero-order valence-corrected chi connectivity index (χ0v) is 6.00. The van der Waals surface area contributed by atoms with Crippen LogP contribution in [0.1, 0.15) is 0 Å². The number of hydrogen-bond donors (Lipinski definition) is 1. The van der Waals surface area contributed by atoms with Crippen LogP contribution in [0.3, 0.4) is 0 Å². The molecule has 5 nitrogen and oxygen atoms in total. The molecule has 0 fully saturated rings. The Morgan fingerprint density at radius 2 is 2.00 bits per heavy atom. The summed E-state index contributed by atoms with van der Waals surface area (Å²) in [5.74, 6) is 0. The van der Waals surface area contributed by atoms with Gasteiger partial charge in [0.25, 0.3) is 11.0 Å². The van der Waals surface area contributed by atoms with E-state index in [0.717, 1.165) is 0 Å². The van der Waals surface area contributed by atoms with Crippen molar-refractivity contribution in [3.05, 3.63) is 0 Å². The van der Waals surface area contributed by atoms with Gasteiger partial charge in [-0.2, -0.15) is 0 Å². The van der Waals surface area contributed by atoms with E-state index in [2.05, 4.69) is 8.92 Å². The molecular weight excluding hydrogens is 160 g/mol. The Morgan fingerprint density at radius 3 is 2.50 bits per heavy atom. The van der Waals surface area contributed by atoms with E-state index >= 15 is 0 Å². The van der Waals surface area contributed by atoms with Crippen molar-refractivity contribution < 1.29 is 22.1 Å². The quantitative estimate of drug-likeness (QED) is 0.391. The summed E-state index contributed by atoms with van der Waals surface area (Å²) in [4.78, 5) is 9.49. The predicted molar refractivity (Wildman–Crippen MR) is 32.8 cm³/mol. The molecule has 0 unspecified atom stereocenters. The summed E-state index contributed by atoms with van der Waals surface area (Å²) in [6, 6.07) is 0. The first-order chi connectivity index (χ1) is 4.77. The van der Waals surface area contributed by atoms with Crippen molar-refractivity contribution in [2.24, 2.45) is 0 Å². The zero-order chi connectivity index (χ0) is 7.82. The molecule has 0 heterocycles. The molecule has 0 aliphatic carbocycles. The van der Waals surface area contributed by atoms with Gasteiger partial charge in [-0.15, -0.1) is 0 Å². The van der Waals surface area contributed by atoms with E-state index in [9.17, 15) is 13.2 Å². The molecule has 0 saturated carbocycles. The fourth-order valence-corrected chi connectivity index (χ4v) is 0.508. The Morgan fingerprint density at radius 1 is 1.30 bits per heavy atom. The minimum absolute atomic E-state index is 0.0552. The van der Waals surface area contributed by atoms with Gasteiger partial charge in [-0.3, -0.25) is 8.98 Å². The summed E-state index contributed by atoms with van der Waals surface area (Å²) in [5, 5.41) is 0. The van der Waals surface area contributed by atoms with Gasteiger partial charge in [0.2, 0.25) is 6.29 Å². The van der Waals surface area contributed by atoms with Crippen LogP contribution in [0.4, 0.5) is 0 Å². The molecule has 0 saturated heterocycles. The third-order valence-corrected chi connectivity index (χ3v) is 0.979. The average molecular weight is 167 g/mol.